The highest BCUT2D eigenvalue weighted by Crippen LogP contribution is 2.13. The second kappa shape index (κ2) is 4.60. The van der Waals surface area contributed by atoms with Crippen molar-refractivity contribution in [1.82, 2.24) is 15.5 Å². The highest BCUT2D eigenvalue weighted by atomic mass is 19.4. The summed E-state index contributed by atoms with van der Waals surface area (Å²) in [5, 5.41) is 3.54. The fraction of sp³-hybridized carbons (Fsp3) is 0.625. The summed E-state index contributed by atoms with van der Waals surface area (Å²) >= 11 is 0. The number of carbonyl (C=O) groups excluding carboxylic acids is 3. The lowest BCUT2D eigenvalue weighted by atomic mass is 10.2. The number of hydrogen-bond acceptors (Lipinski definition) is 3. The molecule has 1 saturated heterocycles. The lowest BCUT2D eigenvalue weighted by molar-refractivity contribution is -0.137. The number of amides is 4. The van der Waals surface area contributed by atoms with Gasteiger partial charge in [0, 0.05) is 7.05 Å². The molecular formula is C8H10F3N3O3. The molecule has 17 heavy (non-hydrogen) atoms. The Labute approximate surface area is 94.1 Å². The molecule has 1 heterocycles. The number of alkyl halides is 3. The SMILES string of the molecule is CN1C(=O)CC(NC(=O)NCC(F)(F)F)C1=O. The van der Waals surface area contributed by atoms with Crippen molar-refractivity contribution in [2.24, 2.45) is 0 Å². The molecule has 0 radical (unpaired) electrons. The van der Waals surface area contributed by atoms with Crippen molar-refractivity contribution in [3.63, 3.8) is 0 Å². The summed E-state index contributed by atoms with van der Waals surface area (Å²) in [4.78, 5) is 34.2. The summed E-state index contributed by atoms with van der Waals surface area (Å²) in [7, 11) is 1.24. The molecule has 0 aromatic heterocycles. The van der Waals surface area contributed by atoms with E-state index in [4.69, 9.17) is 0 Å². The van der Waals surface area contributed by atoms with Crippen molar-refractivity contribution in [3.8, 4) is 0 Å². The predicted octanol–water partition coefficient (Wildman–Crippen LogP) is -0.395. The predicted molar refractivity (Wildman–Crippen MR) is 48.8 cm³/mol. The van der Waals surface area contributed by atoms with Crippen LogP contribution >= 0.6 is 0 Å². The number of nitrogens with one attached hydrogen (secondary N) is 2. The molecule has 1 rings (SSSR count). The van der Waals surface area contributed by atoms with Gasteiger partial charge in [-0.15, -0.1) is 0 Å². The highest BCUT2D eigenvalue weighted by Gasteiger charge is 2.37. The van der Waals surface area contributed by atoms with Crippen LogP contribution in [0.5, 0.6) is 0 Å². The summed E-state index contributed by atoms with van der Waals surface area (Å²) < 4.78 is 35.3. The van der Waals surface area contributed by atoms with Crippen LogP contribution in [0, 0.1) is 0 Å². The topological polar surface area (TPSA) is 78.5 Å². The molecule has 0 spiro atoms. The first kappa shape index (κ1) is 13.3. The minimum absolute atomic E-state index is 0.241. The molecule has 1 fully saturated rings. The second-order valence-electron chi connectivity index (χ2n) is 3.49. The molecule has 1 unspecified atom stereocenters. The molecule has 1 aliphatic rings. The average Bonchev–Trinajstić information content (AvgIpc) is 2.43. The van der Waals surface area contributed by atoms with Crippen LogP contribution < -0.4 is 10.6 Å². The lowest BCUT2D eigenvalue weighted by Crippen LogP contribution is -2.47. The van der Waals surface area contributed by atoms with Gasteiger partial charge < -0.3 is 10.6 Å². The summed E-state index contributed by atoms with van der Waals surface area (Å²) in [5.41, 5.74) is 0. The van der Waals surface area contributed by atoms with Gasteiger partial charge in [0.15, 0.2) is 0 Å². The van der Waals surface area contributed by atoms with E-state index in [2.05, 4.69) is 0 Å². The van der Waals surface area contributed by atoms with Crippen molar-refractivity contribution in [3.05, 3.63) is 0 Å². The number of likely N-dealkylation sites (tertiary alicyclic amines) is 1. The molecule has 0 aromatic carbocycles. The van der Waals surface area contributed by atoms with Gasteiger partial charge in [-0.25, -0.2) is 4.79 Å². The Balaban J connectivity index is 2.43. The molecule has 6 nitrogen and oxygen atoms in total. The summed E-state index contributed by atoms with van der Waals surface area (Å²) in [5.74, 6) is -1.13. The van der Waals surface area contributed by atoms with E-state index in [1.54, 1.807) is 5.32 Å². The van der Waals surface area contributed by atoms with Gasteiger partial charge in [-0.05, 0) is 0 Å². The lowest BCUT2D eigenvalue weighted by Gasteiger charge is -2.13. The van der Waals surface area contributed by atoms with Crippen LogP contribution in [0.15, 0.2) is 0 Å². The van der Waals surface area contributed by atoms with Crippen molar-refractivity contribution in [2.75, 3.05) is 13.6 Å². The molecule has 96 valence electrons. The third kappa shape index (κ3) is 3.61. The number of hydrogen-bond donors (Lipinski definition) is 2. The maximum absolute atomic E-state index is 11.8. The maximum Gasteiger partial charge on any atom is 0.405 e. The molecule has 0 aromatic rings. The molecular weight excluding hydrogens is 243 g/mol. The van der Waals surface area contributed by atoms with E-state index in [9.17, 15) is 27.6 Å². The third-order valence-corrected chi connectivity index (χ3v) is 2.14. The van der Waals surface area contributed by atoms with Crippen LogP contribution in [0.2, 0.25) is 0 Å². The number of halogens is 3. The van der Waals surface area contributed by atoms with E-state index >= 15 is 0 Å². The average molecular weight is 253 g/mol. The Morgan fingerprint density at radius 3 is 2.47 bits per heavy atom. The maximum atomic E-state index is 11.8. The van der Waals surface area contributed by atoms with E-state index in [0.717, 1.165) is 4.90 Å². The second-order valence-corrected chi connectivity index (χ2v) is 3.49. The molecule has 4 amide bonds. The standard InChI is InChI=1S/C8H10F3N3O3/c1-14-5(15)2-4(6(14)16)13-7(17)12-3-8(9,10)11/h4H,2-3H2,1H3,(H2,12,13,17). The van der Waals surface area contributed by atoms with Crippen LogP contribution in [-0.4, -0.2) is 48.6 Å². The quantitative estimate of drug-likeness (QED) is 0.657. The molecule has 0 aliphatic carbocycles. The van der Waals surface area contributed by atoms with E-state index in [-0.39, 0.29) is 6.42 Å². The van der Waals surface area contributed by atoms with Gasteiger partial charge >= 0.3 is 12.2 Å². The third-order valence-electron chi connectivity index (χ3n) is 2.14. The Kier molecular flexibility index (Phi) is 3.59. The van der Waals surface area contributed by atoms with Crippen molar-refractivity contribution in [2.45, 2.75) is 18.6 Å². The molecule has 2 N–H and O–H groups in total. The zero-order valence-electron chi connectivity index (χ0n) is 8.80. The zero-order chi connectivity index (χ0) is 13.2. The van der Waals surface area contributed by atoms with E-state index in [0.29, 0.717) is 0 Å². The number of rotatable bonds is 2. The summed E-state index contributed by atoms with van der Waals surface area (Å²) in [6.07, 6.45) is -4.77. The highest BCUT2D eigenvalue weighted by molar-refractivity contribution is 6.06. The molecule has 0 saturated carbocycles. The molecule has 9 heteroatoms. The van der Waals surface area contributed by atoms with Gasteiger partial charge in [-0.2, -0.15) is 13.2 Å². The van der Waals surface area contributed by atoms with Crippen LogP contribution in [0.3, 0.4) is 0 Å². The first-order chi connectivity index (χ1) is 7.70. The largest absolute Gasteiger partial charge is 0.405 e. The monoisotopic (exact) mass is 253 g/mol. The smallest absolute Gasteiger partial charge is 0.329 e. The van der Waals surface area contributed by atoms with Crippen molar-refractivity contribution >= 4 is 17.8 Å². The van der Waals surface area contributed by atoms with Crippen LogP contribution in [0.4, 0.5) is 18.0 Å². The Hall–Kier alpha value is -1.80. The Morgan fingerprint density at radius 2 is 2.06 bits per heavy atom. The normalized spacial score (nSPS) is 20.7. The van der Waals surface area contributed by atoms with Gasteiger partial charge in [0.2, 0.25) is 5.91 Å². The fourth-order valence-corrected chi connectivity index (χ4v) is 1.26. The van der Waals surface area contributed by atoms with Gasteiger partial charge in [0.25, 0.3) is 5.91 Å². The minimum atomic E-state index is -4.52. The van der Waals surface area contributed by atoms with E-state index in [1.165, 1.54) is 7.05 Å². The Bertz CT molecular complexity index is 356. The van der Waals surface area contributed by atoms with Crippen LogP contribution in [-0.2, 0) is 9.59 Å². The number of urea groups is 1. The summed E-state index contributed by atoms with van der Waals surface area (Å²) in [6.45, 7) is -1.50. The van der Waals surface area contributed by atoms with Crippen LogP contribution in [0.25, 0.3) is 0 Å². The summed E-state index contributed by atoms with van der Waals surface area (Å²) in [6, 6.07) is -2.23. The first-order valence-corrected chi connectivity index (χ1v) is 4.62. The van der Waals surface area contributed by atoms with Crippen molar-refractivity contribution < 1.29 is 27.6 Å². The van der Waals surface area contributed by atoms with Crippen molar-refractivity contribution in [1.29, 1.82) is 0 Å². The fourth-order valence-electron chi connectivity index (χ4n) is 1.26. The molecule has 0 bridgehead atoms. The van der Waals surface area contributed by atoms with Gasteiger partial charge in [-0.1, -0.05) is 0 Å². The van der Waals surface area contributed by atoms with E-state index < -0.39 is 36.6 Å². The minimum Gasteiger partial charge on any atom is -0.329 e. The number of nitrogens with zero attached hydrogens (tertiary/aromatic N) is 1. The van der Waals surface area contributed by atoms with E-state index in [1.807, 2.05) is 5.32 Å². The number of carbonyl (C=O) groups is 3. The molecule has 1 atom stereocenters. The first-order valence-electron chi connectivity index (χ1n) is 4.62. The van der Waals surface area contributed by atoms with Gasteiger partial charge in [0.05, 0.1) is 6.42 Å². The van der Waals surface area contributed by atoms with Gasteiger partial charge in [0.1, 0.15) is 12.6 Å². The number of imide groups is 1. The number of likely N-dealkylation sites (N-methyl/N-ethyl adjacent to an activating group) is 1. The van der Waals surface area contributed by atoms with Crippen LogP contribution in [0.1, 0.15) is 6.42 Å². The Morgan fingerprint density at radius 1 is 1.47 bits per heavy atom. The molecule has 1 aliphatic heterocycles. The zero-order valence-corrected chi connectivity index (χ0v) is 8.80. The van der Waals surface area contributed by atoms with Gasteiger partial charge in [-0.3, -0.25) is 14.5 Å².